The summed E-state index contributed by atoms with van der Waals surface area (Å²) in [5.41, 5.74) is 0.686. The maximum absolute atomic E-state index is 12.2. The summed E-state index contributed by atoms with van der Waals surface area (Å²) in [7, 11) is 1.46. The third-order valence-electron chi connectivity index (χ3n) is 3.13. The zero-order chi connectivity index (χ0) is 16.5. The van der Waals surface area contributed by atoms with Crippen molar-refractivity contribution in [2.75, 3.05) is 7.11 Å². The summed E-state index contributed by atoms with van der Waals surface area (Å²) in [4.78, 5) is 23.1. The van der Waals surface area contributed by atoms with Crippen molar-refractivity contribution < 1.29 is 27.5 Å². The Morgan fingerprint density at radius 3 is 2.50 bits per heavy atom. The third kappa shape index (κ3) is 3.05. The number of fused-ring (bicyclic) bond motifs is 1. The predicted octanol–water partition coefficient (Wildman–Crippen LogP) is 2.20. The highest BCUT2D eigenvalue weighted by atomic mass is 19.4. The van der Waals surface area contributed by atoms with E-state index < -0.39 is 23.9 Å². The van der Waals surface area contributed by atoms with E-state index in [1.807, 2.05) is 0 Å². The van der Waals surface area contributed by atoms with Gasteiger partial charge in [0.05, 0.1) is 18.7 Å². The van der Waals surface area contributed by atoms with Crippen LogP contribution in [0.2, 0.25) is 0 Å². The molecule has 0 unspecified atom stereocenters. The maximum Gasteiger partial charge on any atom is 0.471 e. The van der Waals surface area contributed by atoms with E-state index >= 15 is 0 Å². The molecule has 8 heteroatoms. The van der Waals surface area contributed by atoms with Gasteiger partial charge in [-0.25, -0.2) is 0 Å². The number of methoxy groups -OCH3 is 1. The van der Waals surface area contributed by atoms with Crippen LogP contribution in [0.5, 0.6) is 5.75 Å². The van der Waals surface area contributed by atoms with Gasteiger partial charge in [-0.3, -0.25) is 9.59 Å². The van der Waals surface area contributed by atoms with Crippen LogP contribution in [-0.4, -0.2) is 35.4 Å². The van der Waals surface area contributed by atoms with E-state index in [0.29, 0.717) is 11.3 Å². The van der Waals surface area contributed by atoms with Gasteiger partial charge in [0.1, 0.15) is 5.75 Å². The molecule has 0 spiro atoms. The van der Waals surface area contributed by atoms with Crippen molar-refractivity contribution in [2.45, 2.75) is 19.1 Å². The molecule has 1 atom stereocenters. The lowest BCUT2D eigenvalue weighted by Crippen LogP contribution is -2.45. The van der Waals surface area contributed by atoms with Gasteiger partial charge in [-0.05, 0) is 19.1 Å². The standard InChI is InChI=1S/C14H13F3N2O3/c1-8(18-13(21)14(15,16)17)12(20)10-4-6-19-5-3-9(22-2)7-11(10)19/h3-8H,1-2H3,(H,18,21)/t8-/m0/s1. The first-order valence-corrected chi connectivity index (χ1v) is 6.30. The molecule has 1 N–H and O–H groups in total. The van der Waals surface area contributed by atoms with Crippen LogP contribution in [0, 0.1) is 0 Å². The first-order valence-electron chi connectivity index (χ1n) is 6.30. The molecule has 1 amide bonds. The fourth-order valence-electron chi connectivity index (χ4n) is 1.99. The average Bonchev–Trinajstić information content (AvgIpc) is 2.87. The van der Waals surface area contributed by atoms with Gasteiger partial charge >= 0.3 is 12.1 Å². The van der Waals surface area contributed by atoms with Crippen molar-refractivity contribution in [1.29, 1.82) is 0 Å². The molecule has 2 aromatic rings. The molecule has 0 radical (unpaired) electrons. The monoisotopic (exact) mass is 314 g/mol. The van der Waals surface area contributed by atoms with E-state index in [0.717, 1.165) is 0 Å². The van der Waals surface area contributed by atoms with Crippen molar-refractivity contribution in [3.05, 3.63) is 36.2 Å². The molecule has 5 nitrogen and oxygen atoms in total. The van der Waals surface area contributed by atoms with E-state index in [9.17, 15) is 22.8 Å². The Labute approximate surface area is 123 Å². The zero-order valence-electron chi connectivity index (χ0n) is 11.8. The van der Waals surface area contributed by atoms with Crippen LogP contribution >= 0.6 is 0 Å². The number of carbonyl (C=O) groups excluding carboxylic acids is 2. The van der Waals surface area contributed by atoms with Gasteiger partial charge < -0.3 is 14.5 Å². The van der Waals surface area contributed by atoms with Crippen molar-refractivity contribution in [3.8, 4) is 5.75 Å². The Balaban J connectivity index is 2.27. The molecule has 2 heterocycles. The van der Waals surface area contributed by atoms with Gasteiger partial charge in [-0.2, -0.15) is 13.2 Å². The molecule has 22 heavy (non-hydrogen) atoms. The lowest BCUT2D eigenvalue weighted by molar-refractivity contribution is -0.173. The number of nitrogens with one attached hydrogen (secondary N) is 1. The number of hydrogen-bond acceptors (Lipinski definition) is 3. The van der Waals surface area contributed by atoms with Crippen molar-refractivity contribution in [1.82, 2.24) is 9.72 Å². The number of ether oxygens (including phenoxy) is 1. The average molecular weight is 314 g/mol. The third-order valence-corrected chi connectivity index (χ3v) is 3.13. The Kier molecular flexibility index (Phi) is 4.11. The van der Waals surface area contributed by atoms with Gasteiger partial charge in [0.25, 0.3) is 0 Å². The van der Waals surface area contributed by atoms with Gasteiger partial charge in [-0.1, -0.05) is 0 Å². The number of alkyl halides is 3. The first-order chi connectivity index (χ1) is 10.2. The minimum atomic E-state index is -5.03. The summed E-state index contributed by atoms with van der Waals surface area (Å²) < 4.78 is 43.4. The highest BCUT2D eigenvalue weighted by Gasteiger charge is 2.40. The number of pyridine rings is 1. The molecule has 2 aromatic heterocycles. The fraction of sp³-hybridized carbons (Fsp3) is 0.286. The summed E-state index contributed by atoms with van der Waals surface area (Å²) in [6.07, 6.45) is -1.77. The number of rotatable bonds is 4. The lowest BCUT2D eigenvalue weighted by atomic mass is 10.1. The van der Waals surface area contributed by atoms with E-state index in [4.69, 9.17) is 4.74 Å². The van der Waals surface area contributed by atoms with Crippen molar-refractivity contribution in [2.24, 2.45) is 0 Å². The molecule has 0 bridgehead atoms. The first kappa shape index (κ1) is 15.9. The molecule has 2 rings (SSSR count). The van der Waals surface area contributed by atoms with Crippen LogP contribution in [-0.2, 0) is 4.79 Å². The quantitative estimate of drug-likeness (QED) is 0.880. The number of carbonyl (C=O) groups is 2. The summed E-state index contributed by atoms with van der Waals surface area (Å²) in [5.74, 6) is -2.25. The number of Topliss-reactive ketones (excluding diaryl/α,β-unsaturated/α-hetero) is 1. The van der Waals surface area contributed by atoms with Gasteiger partial charge in [0.15, 0.2) is 5.78 Å². The van der Waals surface area contributed by atoms with E-state index in [2.05, 4.69) is 0 Å². The number of halogens is 3. The minimum absolute atomic E-state index is 0.203. The Hall–Kier alpha value is -2.51. The number of nitrogens with zero attached hydrogens (tertiary/aromatic N) is 1. The molecule has 118 valence electrons. The molecule has 0 saturated carbocycles. The number of aromatic nitrogens is 1. The van der Waals surface area contributed by atoms with Crippen LogP contribution < -0.4 is 10.1 Å². The topological polar surface area (TPSA) is 59.8 Å². The lowest BCUT2D eigenvalue weighted by Gasteiger charge is -2.14. The number of ketones is 1. The van der Waals surface area contributed by atoms with E-state index in [1.165, 1.54) is 20.1 Å². The molecular weight excluding hydrogens is 301 g/mol. The highest BCUT2D eigenvalue weighted by Crippen LogP contribution is 2.21. The smallest absolute Gasteiger partial charge is 0.471 e. The van der Waals surface area contributed by atoms with Crippen LogP contribution in [0.1, 0.15) is 17.3 Å². The second-order valence-electron chi connectivity index (χ2n) is 4.65. The van der Waals surface area contributed by atoms with Crippen LogP contribution in [0.15, 0.2) is 30.6 Å². The normalized spacial score (nSPS) is 13.0. The molecule has 0 aromatic carbocycles. The zero-order valence-corrected chi connectivity index (χ0v) is 11.8. The predicted molar refractivity (Wildman–Crippen MR) is 71.9 cm³/mol. The van der Waals surface area contributed by atoms with Crippen LogP contribution in [0.3, 0.4) is 0 Å². The molecular formula is C14H13F3N2O3. The van der Waals surface area contributed by atoms with Crippen molar-refractivity contribution >= 4 is 17.2 Å². The highest BCUT2D eigenvalue weighted by molar-refractivity contribution is 6.07. The van der Waals surface area contributed by atoms with Gasteiger partial charge in [0, 0.05) is 24.0 Å². The SMILES string of the molecule is COc1ccn2ccc(C(=O)[C@H](C)NC(=O)C(F)(F)F)c2c1. The van der Waals surface area contributed by atoms with E-state index in [-0.39, 0.29) is 5.56 Å². The summed E-state index contributed by atoms with van der Waals surface area (Å²) >= 11 is 0. The molecule has 0 fully saturated rings. The Morgan fingerprint density at radius 1 is 1.27 bits per heavy atom. The second kappa shape index (κ2) is 5.70. The molecule has 0 aliphatic rings. The van der Waals surface area contributed by atoms with Gasteiger partial charge in [0.2, 0.25) is 0 Å². The Morgan fingerprint density at radius 2 is 1.91 bits per heavy atom. The summed E-state index contributed by atoms with van der Waals surface area (Å²) in [6.45, 7) is 1.20. The molecule has 0 saturated heterocycles. The second-order valence-corrected chi connectivity index (χ2v) is 4.65. The number of amides is 1. The van der Waals surface area contributed by atoms with Crippen molar-refractivity contribution in [3.63, 3.8) is 0 Å². The van der Waals surface area contributed by atoms with Gasteiger partial charge in [-0.15, -0.1) is 0 Å². The number of hydrogen-bond donors (Lipinski definition) is 1. The fourth-order valence-corrected chi connectivity index (χ4v) is 1.99. The van der Waals surface area contributed by atoms with Crippen LogP contribution in [0.4, 0.5) is 13.2 Å². The molecule has 0 aliphatic carbocycles. The summed E-state index contributed by atoms with van der Waals surface area (Å²) in [5, 5.41) is 1.65. The minimum Gasteiger partial charge on any atom is -0.497 e. The van der Waals surface area contributed by atoms with Crippen LogP contribution in [0.25, 0.3) is 5.52 Å². The Bertz CT molecular complexity index is 722. The largest absolute Gasteiger partial charge is 0.497 e. The molecule has 0 aliphatic heterocycles. The van der Waals surface area contributed by atoms with E-state index in [1.54, 1.807) is 34.2 Å². The summed E-state index contributed by atoms with van der Waals surface area (Å²) in [6, 6.07) is 3.45. The maximum atomic E-state index is 12.2.